The number of nitrogens with one attached hydrogen (secondary N) is 1. The van der Waals surface area contributed by atoms with Gasteiger partial charge in [-0.15, -0.1) is 12.4 Å². The number of likely N-dealkylation sites (tertiary alicyclic amines) is 1. The van der Waals surface area contributed by atoms with E-state index in [0.29, 0.717) is 5.41 Å². The molecule has 1 atom stereocenters. The number of likely N-dealkylation sites (N-methyl/N-ethyl adjacent to an activating group) is 1. The van der Waals surface area contributed by atoms with E-state index in [4.69, 9.17) is 0 Å². The fourth-order valence-electron chi connectivity index (χ4n) is 2.82. The van der Waals surface area contributed by atoms with Crippen molar-refractivity contribution in [2.24, 2.45) is 12.5 Å². The van der Waals surface area contributed by atoms with Crippen molar-refractivity contribution in [2.45, 2.75) is 39.2 Å². The lowest BCUT2D eigenvalue weighted by Crippen LogP contribution is -2.46. The molecule has 1 N–H and O–H groups in total. The number of amides is 1. The summed E-state index contributed by atoms with van der Waals surface area (Å²) in [5.74, 6) is 0.165. The molecule has 0 aliphatic carbocycles. The summed E-state index contributed by atoms with van der Waals surface area (Å²) in [7, 11) is 3.70. The van der Waals surface area contributed by atoms with Crippen molar-refractivity contribution in [1.29, 1.82) is 0 Å². The third-order valence-electron chi connectivity index (χ3n) is 4.73. The van der Waals surface area contributed by atoms with Crippen LogP contribution >= 0.6 is 12.4 Å². The van der Waals surface area contributed by atoms with Crippen molar-refractivity contribution in [3.05, 3.63) is 18.0 Å². The lowest BCUT2D eigenvalue weighted by atomic mass is 9.78. The fraction of sp³-hybridized carbons (Fsp3) is 0.733. The van der Waals surface area contributed by atoms with E-state index in [2.05, 4.69) is 24.3 Å². The van der Waals surface area contributed by atoms with E-state index in [1.807, 2.05) is 25.2 Å². The molecule has 1 aliphatic rings. The molecule has 0 radical (unpaired) electrons. The standard InChI is InChI=1S/C15H26N4O.ClH/c1-5-15(2)6-8-19(9-7-15)14(20)13(16-3)12-10-17-18(4)11-12;/h10-11,13,16H,5-9H2,1-4H3;1H. The Labute approximate surface area is 133 Å². The van der Waals surface area contributed by atoms with Crippen LogP contribution in [-0.4, -0.2) is 40.7 Å². The molecule has 120 valence electrons. The zero-order valence-corrected chi connectivity index (χ0v) is 14.2. The van der Waals surface area contributed by atoms with Gasteiger partial charge in [0.05, 0.1) is 6.20 Å². The number of nitrogens with zero attached hydrogens (tertiary/aromatic N) is 3. The second kappa shape index (κ2) is 7.27. The molecule has 0 saturated carbocycles. The van der Waals surface area contributed by atoms with Crippen molar-refractivity contribution in [3.8, 4) is 0 Å². The topological polar surface area (TPSA) is 50.2 Å². The third kappa shape index (κ3) is 3.98. The molecule has 1 fully saturated rings. The van der Waals surface area contributed by atoms with E-state index in [1.165, 1.54) is 6.42 Å². The van der Waals surface area contributed by atoms with Crippen molar-refractivity contribution >= 4 is 18.3 Å². The van der Waals surface area contributed by atoms with Crippen LogP contribution in [0.3, 0.4) is 0 Å². The number of hydrogen-bond acceptors (Lipinski definition) is 3. The minimum atomic E-state index is -0.283. The number of halogens is 1. The number of rotatable bonds is 4. The molecule has 5 nitrogen and oxygen atoms in total. The summed E-state index contributed by atoms with van der Waals surface area (Å²) in [6.07, 6.45) is 7.04. The first-order valence-corrected chi connectivity index (χ1v) is 7.43. The first-order chi connectivity index (χ1) is 9.49. The summed E-state index contributed by atoms with van der Waals surface area (Å²) in [4.78, 5) is 14.7. The summed E-state index contributed by atoms with van der Waals surface area (Å²) in [6.45, 7) is 6.29. The largest absolute Gasteiger partial charge is 0.341 e. The Balaban J connectivity index is 0.00000220. The van der Waals surface area contributed by atoms with Gasteiger partial charge < -0.3 is 10.2 Å². The molecule has 21 heavy (non-hydrogen) atoms. The second-order valence-corrected chi connectivity index (χ2v) is 6.16. The Morgan fingerprint density at radius 1 is 1.48 bits per heavy atom. The summed E-state index contributed by atoms with van der Waals surface area (Å²) >= 11 is 0. The van der Waals surface area contributed by atoms with Crippen molar-refractivity contribution < 1.29 is 4.79 Å². The van der Waals surface area contributed by atoms with E-state index < -0.39 is 0 Å². The predicted octanol–water partition coefficient (Wildman–Crippen LogP) is 2.14. The van der Waals surface area contributed by atoms with E-state index in [1.54, 1.807) is 10.9 Å². The molecular formula is C15H27ClN4O. The van der Waals surface area contributed by atoms with Crippen LogP contribution in [0.2, 0.25) is 0 Å². The highest BCUT2D eigenvalue weighted by Crippen LogP contribution is 2.34. The first-order valence-electron chi connectivity index (χ1n) is 7.43. The van der Waals surface area contributed by atoms with Gasteiger partial charge in [-0.3, -0.25) is 9.48 Å². The number of carbonyl (C=O) groups excluding carboxylic acids is 1. The highest BCUT2D eigenvalue weighted by atomic mass is 35.5. The second-order valence-electron chi connectivity index (χ2n) is 6.16. The van der Waals surface area contributed by atoms with Crippen LogP contribution in [0.5, 0.6) is 0 Å². The third-order valence-corrected chi connectivity index (χ3v) is 4.73. The van der Waals surface area contributed by atoms with Crippen LogP contribution in [0.15, 0.2) is 12.4 Å². The van der Waals surface area contributed by atoms with Crippen LogP contribution in [0.4, 0.5) is 0 Å². The molecule has 0 aromatic carbocycles. The van der Waals surface area contributed by atoms with Crippen LogP contribution < -0.4 is 5.32 Å². The number of carbonyl (C=O) groups is 1. The number of piperidine rings is 1. The maximum absolute atomic E-state index is 12.7. The van der Waals surface area contributed by atoms with Gasteiger partial charge in [-0.05, 0) is 25.3 Å². The molecule has 1 saturated heterocycles. The monoisotopic (exact) mass is 314 g/mol. The minimum Gasteiger partial charge on any atom is -0.341 e. The summed E-state index contributed by atoms with van der Waals surface area (Å²) < 4.78 is 1.73. The molecular weight excluding hydrogens is 288 g/mol. The van der Waals surface area contributed by atoms with Gasteiger partial charge in [0, 0.05) is 31.9 Å². The van der Waals surface area contributed by atoms with Gasteiger partial charge in [0.25, 0.3) is 0 Å². The van der Waals surface area contributed by atoms with Gasteiger partial charge in [0.1, 0.15) is 6.04 Å². The summed E-state index contributed by atoms with van der Waals surface area (Å²) in [6, 6.07) is -0.283. The summed E-state index contributed by atoms with van der Waals surface area (Å²) in [5, 5.41) is 7.27. The lowest BCUT2D eigenvalue weighted by Gasteiger charge is -2.40. The average Bonchev–Trinajstić information content (AvgIpc) is 2.87. The predicted molar refractivity (Wildman–Crippen MR) is 86.5 cm³/mol. The normalized spacial score (nSPS) is 19.0. The smallest absolute Gasteiger partial charge is 0.244 e. The van der Waals surface area contributed by atoms with Crippen LogP contribution in [-0.2, 0) is 11.8 Å². The minimum absolute atomic E-state index is 0. The Morgan fingerprint density at radius 2 is 2.10 bits per heavy atom. The molecule has 2 heterocycles. The van der Waals surface area contributed by atoms with Gasteiger partial charge in [-0.2, -0.15) is 5.10 Å². The maximum Gasteiger partial charge on any atom is 0.244 e. The van der Waals surface area contributed by atoms with E-state index >= 15 is 0 Å². The molecule has 0 bridgehead atoms. The zero-order chi connectivity index (χ0) is 14.8. The van der Waals surface area contributed by atoms with Crippen molar-refractivity contribution in [3.63, 3.8) is 0 Å². The number of aryl methyl sites for hydroxylation is 1. The maximum atomic E-state index is 12.7. The molecule has 0 spiro atoms. The van der Waals surface area contributed by atoms with Gasteiger partial charge in [0.15, 0.2) is 0 Å². The SMILES string of the molecule is CCC1(C)CCN(C(=O)C(NC)c2cnn(C)c2)CC1.Cl. The Bertz CT molecular complexity index is 466. The summed E-state index contributed by atoms with van der Waals surface area (Å²) in [5.41, 5.74) is 1.34. The van der Waals surface area contributed by atoms with Gasteiger partial charge >= 0.3 is 0 Å². The molecule has 1 amide bonds. The van der Waals surface area contributed by atoms with E-state index in [0.717, 1.165) is 31.5 Å². The highest BCUT2D eigenvalue weighted by molar-refractivity contribution is 5.85. The molecule has 1 aromatic rings. The number of hydrogen-bond donors (Lipinski definition) is 1. The van der Waals surface area contributed by atoms with Crippen molar-refractivity contribution in [2.75, 3.05) is 20.1 Å². The van der Waals surface area contributed by atoms with Crippen LogP contribution in [0.25, 0.3) is 0 Å². The Hall–Kier alpha value is -1.07. The van der Waals surface area contributed by atoms with Gasteiger partial charge in [0.2, 0.25) is 5.91 Å². The average molecular weight is 315 g/mol. The Kier molecular flexibility index (Phi) is 6.23. The zero-order valence-electron chi connectivity index (χ0n) is 13.4. The molecule has 1 unspecified atom stereocenters. The van der Waals surface area contributed by atoms with E-state index in [-0.39, 0.29) is 24.4 Å². The number of aromatic nitrogens is 2. The molecule has 1 aromatic heterocycles. The quantitative estimate of drug-likeness (QED) is 0.926. The van der Waals surface area contributed by atoms with Crippen LogP contribution in [0.1, 0.15) is 44.7 Å². The fourth-order valence-corrected chi connectivity index (χ4v) is 2.82. The van der Waals surface area contributed by atoms with Crippen molar-refractivity contribution in [1.82, 2.24) is 20.0 Å². The highest BCUT2D eigenvalue weighted by Gasteiger charge is 2.33. The first kappa shape index (κ1) is 18.0. The molecule has 6 heteroatoms. The van der Waals surface area contributed by atoms with Crippen LogP contribution in [0, 0.1) is 5.41 Å². The molecule has 1 aliphatic heterocycles. The molecule has 2 rings (SSSR count). The van der Waals surface area contributed by atoms with E-state index in [9.17, 15) is 4.79 Å². The lowest BCUT2D eigenvalue weighted by molar-refractivity contribution is -0.135. The Morgan fingerprint density at radius 3 is 2.52 bits per heavy atom. The van der Waals surface area contributed by atoms with Gasteiger partial charge in [-0.25, -0.2) is 0 Å². The van der Waals surface area contributed by atoms with Gasteiger partial charge in [-0.1, -0.05) is 20.3 Å².